The molecule has 174 valence electrons. The van der Waals surface area contributed by atoms with Crippen molar-refractivity contribution in [3.63, 3.8) is 0 Å². The Morgan fingerprint density at radius 3 is 2.19 bits per heavy atom. The summed E-state index contributed by atoms with van der Waals surface area (Å²) >= 11 is 12.1. The van der Waals surface area contributed by atoms with Crippen LogP contribution in [0.4, 0.5) is 0 Å². The molecular weight excluding hydrogens is 455 g/mol. The minimum absolute atomic E-state index is 0.168. The lowest BCUT2D eigenvalue weighted by Gasteiger charge is -2.29. The Kier molecular flexibility index (Phi) is 9.94. The van der Waals surface area contributed by atoms with Crippen LogP contribution in [0.2, 0.25) is 10.0 Å². The van der Waals surface area contributed by atoms with Crippen LogP contribution >= 0.6 is 23.2 Å². The molecule has 0 aliphatic carbocycles. The first-order valence-corrected chi connectivity index (χ1v) is 10.9. The molecule has 0 aromatic heterocycles. The van der Waals surface area contributed by atoms with Gasteiger partial charge in [-0.05, 0) is 31.0 Å². The van der Waals surface area contributed by atoms with Gasteiger partial charge in [-0.3, -0.25) is 9.59 Å². The first-order valence-electron chi connectivity index (χ1n) is 10.2. The number of ether oxygens (including phenoxy) is 3. The molecule has 0 heterocycles. The average Bonchev–Trinajstić information content (AvgIpc) is 2.80. The van der Waals surface area contributed by atoms with Gasteiger partial charge < -0.3 is 24.4 Å². The van der Waals surface area contributed by atoms with Gasteiger partial charge in [0.1, 0.15) is 23.3 Å². The first-order chi connectivity index (χ1) is 15.3. The lowest BCUT2D eigenvalue weighted by atomic mass is 10.1. The number of amides is 2. The monoisotopic (exact) mass is 482 g/mol. The summed E-state index contributed by atoms with van der Waals surface area (Å²) in [6.07, 6.45) is 0.792. The number of carbonyl (C=O) groups excluding carboxylic acids is 2. The van der Waals surface area contributed by atoms with Crippen molar-refractivity contribution in [2.24, 2.45) is 0 Å². The van der Waals surface area contributed by atoms with Crippen LogP contribution in [0.3, 0.4) is 0 Å². The Hall–Kier alpha value is -2.64. The van der Waals surface area contributed by atoms with E-state index in [1.54, 1.807) is 43.3 Å². The van der Waals surface area contributed by atoms with E-state index in [0.717, 1.165) is 12.0 Å². The predicted octanol–water partition coefficient (Wildman–Crippen LogP) is 4.33. The number of hydrogen-bond acceptors (Lipinski definition) is 5. The van der Waals surface area contributed by atoms with Crippen LogP contribution in [0.25, 0.3) is 0 Å². The standard InChI is InChI=1S/C23H28Cl2N2O5/c1-5-8-26-23(29)15(2)27(13-16-6-7-20(24)21(25)9-16)22(28)14-32-19-11-17(30-3)10-18(12-19)31-4/h6-7,9-12,15H,5,8,13-14H2,1-4H3,(H,26,29)/t15-/m1/s1. The van der Waals surface area contributed by atoms with Gasteiger partial charge in [0.25, 0.3) is 5.91 Å². The molecular formula is C23H28Cl2N2O5. The fourth-order valence-electron chi connectivity index (χ4n) is 2.91. The quantitative estimate of drug-likeness (QED) is 0.515. The van der Waals surface area contributed by atoms with E-state index in [-0.39, 0.29) is 25.0 Å². The molecule has 0 bridgehead atoms. The number of carbonyl (C=O) groups is 2. The topological polar surface area (TPSA) is 77.1 Å². The first kappa shape index (κ1) is 25.6. The number of nitrogens with zero attached hydrogens (tertiary/aromatic N) is 1. The van der Waals surface area contributed by atoms with Gasteiger partial charge in [0.2, 0.25) is 5.91 Å². The number of hydrogen-bond donors (Lipinski definition) is 1. The Labute approximate surface area is 198 Å². The normalized spacial score (nSPS) is 11.4. The largest absolute Gasteiger partial charge is 0.496 e. The van der Waals surface area contributed by atoms with Crippen LogP contribution in [0.1, 0.15) is 25.8 Å². The zero-order chi connectivity index (χ0) is 23.7. The fourth-order valence-corrected chi connectivity index (χ4v) is 3.23. The zero-order valence-corrected chi connectivity index (χ0v) is 20.1. The molecule has 1 N–H and O–H groups in total. The number of halogens is 2. The van der Waals surface area contributed by atoms with Crippen LogP contribution in [0.15, 0.2) is 36.4 Å². The van der Waals surface area contributed by atoms with Crippen molar-refractivity contribution in [1.82, 2.24) is 10.2 Å². The van der Waals surface area contributed by atoms with E-state index < -0.39 is 6.04 Å². The van der Waals surface area contributed by atoms with E-state index >= 15 is 0 Å². The van der Waals surface area contributed by atoms with Gasteiger partial charge in [0, 0.05) is 31.3 Å². The van der Waals surface area contributed by atoms with Crippen molar-refractivity contribution in [2.45, 2.75) is 32.9 Å². The van der Waals surface area contributed by atoms with Crippen LogP contribution in [-0.2, 0) is 16.1 Å². The van der Waals surface area contributed by atoms with Gasteiger partial charge in [-0.1, -0.05) is 36.2 Å². The minimum atomic E-state index is -0.716. The highest BCUT2D eigenvalue weighted by atomic mass is 35.5. The van der Waals surface area contributed by atoms with Gasteiger partial charge in [-0.15, -0.1) is 0 Å². The number of rotatable bonds is 11. The third-order valence-corrected chi connectivity index (χ3v) is 5.48. The molecule has 0 radical (unpaired) electrons. The van der Waals surface area contributed by atoms with Crippen molar-refractivity contribution in [3.8, 4) is 17.2 Å². The molecule has 7 nitrogen and oxygen atoms in total. The maximum atomic E-state index is 13.1. The van der Waals surface area contributed by atoms with Crippen molar-refractivity contribution in [2.75, 3.05) is 27.4 Å². The summed E-state index contributed by atoms with van der Waals surface area (Å²) in [5.74, 6) is 0.867. The Bertz CT molecular complexity index is 916. The van der Waals surface area contributed by atoms with E-state index in [4.69, 9.17) is 37.4 Å². The number of benzene rings is 2. The van der Waals surface area contributed by atoms with Gasteiger partial charge in [0.15, 0.2) is 6.61 Å². The Morgan fingerprint density at radius 2 is 1.62 bits per heavy atom. The van der Waals surface area contributed by atoms with Gasteiger partial charge in [0.05, 0.1) is 24.3 Å². The SMILES string of the molecule is CCCNC(=O)[C@@H](C)N(Cc1ccc(Cl)c(Cl)c1)C(=O)COc1cc(OC)cc(OC)c1. The van der Waals surface area contributed by atoms with E-state index in [9.17, 15) is 9.59 Å². The van der Waals surface area contributed by atoms with Gasteiger partial charge in [-0.2, -0.15) is 0 Å². The highest BCUT2D eigenvalue weighted by molar-refractivity contribution is 6.42. The molecule has 1 atom stereocenters. The summed E-state index contributed by atoms with van der Waals surface area (Å²) in [6, 6.07) is 9.38. The summed E-state index contributed by atoms with van der Waals surface area (Å²) in [5, 5.41) is 3.61. The molecule has 0 fully saturated rings. The summed E-state index contributed by atoms with van der Waals surface area (Å²) in [7, 11) is 3.05. The second kappa shape index (κ2) is 12.4. The molecule has 32 heavy (non-hydrogen) atoms. The van der Waals surface area contributed by atoms with Crippen molar-refractivity contribution in [3.05, 3.63) is 52.0 Å². The molecule has 2 aromatic rings. The third kappa shape index (κ3) is 7.21. The molecule has 9 heteroatoms. The van der Waals surface area contributed by atoms with Gasteiger partial charge >= 0.3 is 0 Å². The van der Waals surface area contributed by atoms with Crippen LogP contribution in [0, 0.1) is 0 Å². The minimum Gasteiger partial charge on any atom is -0.496 e. The summed E-state index contributed by atoms with van der Waals surface area (Å²) < 4.78 is 16.1. The van der Waals surface area contributed by atoms with Crippen LogP contribution in [0.5, 0.6) is 17.2 Å². The molecule has 0 saturated carbocycles. The highest BCUT2D eigenvalue weighted by Gasteiger charge is 2.26. The summed E-state index contributed by atoms with van der Waals surface area (Å²) in [5.41, 5.74) is 0.742. The van der Waals surface area contributed by atoms with Crippen molar-refractivity contribution in [1.29, 1.82) is 0 Å². The van der Waals surface area contributed by atoms with E-state index in [1.165, 1.54) is 19.1 Å². The van der Waals surface area contributed by atoms with Crippen LogP contribution in [-0.4, -0.2) is 50.1 Å². The van der Waals surface area contributed by atoms with E-state index in [1.807, 2.05) is 6.92 Å². The smallest absolute Gasteiger partial charge is 0.261 e. The lowest BCUT2D eigenvalue weighted by molar-refractivity contribution is -0.142. The Balaban J connectivity index is 2.20. The summed E-state index contributed by atoms with van der Waals surface area (Å²) in [4.78, 5) is 27.1. The molecule has 0 unspecified atom stereocenters. The van der Waals surface area contributed by atoms with E-state index in [0.29, 0.717) is 33.8 Å². The van der Waals surface area contributed by atoms with Gasteiger partial charge in [-0.25, -0.2) is 0 Å². The van der Waals surface area contributed by atoms with Crippen molar-refractivity contribution >= 4 is 35.0 Å². The second-order valence-corrected chi connectivity index (χ2v) is 7.89. The lowest BCUT2D eigenvalue weighted by Crippen LogP contribution is -2.49. The third-order valence-electron chi connectivity index (χ3n) is 4.74. The highest BCUT2D eigenvalue weighted by Crippen LogP contribution is 2.28. The molecule has 2 rings (SSSR count). The predicted molar refractivity (Wildman–Crippen MR) is 125 cm³/mol. The average molecular weight is 483 g/mol. The van der Waals surface area contributed by atoms with Crippen molar-refractivity contribution < 1.29 is 23.8 Å². The maximum absolute atomic E-state index is 13.1. The number of nitrogens with one attached hydrogen (secondary N) is 1. The van der Waals surface area contributed by atoms with E-state index in [2.05, 4.69) is 5.32 Å². The number of methoxy groups -OCH3 is 2. The molecule has 0 aliphatic rings. The molecule has 2 aromatic carbocycles. The second-order valence-electron chi connectivity index (χ2n) is 7.07. The molecule has 0 saturated heterocycles. The summed E-state index contributed by atoms with van der Waals surface area (Å²) in [6.45, 7) is 4.05. The fraction of sp³-hybridized carbons (Fsp3) is 0.391. The zero-order valence-electron chi connectivity index (χ0n) is 18.6. The Morgan fingerprint density at radius 1 is 1.00 bits per heavy atom. The molecule has 0 aliphatic heterocycles. The molecule has 0 spiro atoms. The maximum Gasteiger partial charge on any atom is 0.261 e. The molecule has 2 amide bonds. The van der Waals surface area contributed by atoms with Crippen LogP contribution < -0.4 is 19.5 Å².